The van der Waals surface area contributed by atoms with Crippen LogP contribution >= 0.6 is 0 Å². The normalized spacial score (nSPS) is 12.1. The summed E-state index contributed by atoms with van der Waals surface area (Å²) in [4.78, 5) is 12.7. The van der Waals surface area contributed by atoms with Crippen molar-refractivity contribution in [3.63, 3.8) is 0 Å². The fourth-order valence-corrected chi connectivity index (χ4v) is 4.09. The molecule has 0 aliphatic heterocycles. The summed E-state index contributed by atoms with van der Waals surface area (Å²) in [5.41, 5.74) is 2.99. The Morgan fingerprint density at radius 2 is 1.55 bits per heavy atom. The molecule has 0 bridgehead atoms. The smallest absolute Gasteiger partial charge is 0.265 e. The van der Waals surface area contributed by atoms with Crippen molar-refractivity contribution in [1.82, 2.24) is 0 Å². The second-order valence-electron chi connectivity index (χ2n) is 7.32. The van der Waals surface area contributed by atoms with E-state index in [2.05, 4.69) is 10.0 Å². The summed E-state index contributed by atoms with van der Waals surface area (Å²) < 4.78 is 33.6. The average Bonchev–Trinajstić information content (AvgIpc) is 2.72. The summed E-state index contributed by atoms with van der Waals surface area (Å²) in [6.45, 7) is 5.71. The van der Waals surface area contributed by atoms with E-state index in [1.807, 2.05) is 51.1 Å². The largest absolute Gasteiger partial charge is 0.481 e. The number of hydrogen-bond donors (Lipinski definition) is 2. The Morgan fingerprint density at radius 3 is 2.16 bits per heavy atom. The lowest BCUT2D eigenvalue weighted by atomic mass is 10.2. The van der Waals surface area contributed by atoms with E-state index in [4.69, 9.17) is 4.74 Å². The van der Waals surface area contributed by atoms with Gasteiger partial charge in [0, 0.05) is 11.4 Å². The predicted octanol–water partition coefficient (Wildman–Crippen LogP) is 4.90. The number of aryl methyl sites for hydroxylation is 2. The van der Waals surface area contributed by atoms with Crippen LogP contribution in [-0.4, -0.2) is 20.4 Å². The highest BCUT2D eigenvalue weighted by Gasteiger charge is 2.19. The fraction of sp³-hybridized carbons (Fsp3) is 0.208. The Hall–Kier alpha value is -3.32. The van der Waals surface area contributed by atoms with Crippen LogP contribution in [0.3, 0.4) is 0 Å². The third-order valence-electron chi connectivity index (χ3n) is 4.63. The van der Waals surface area contributed by atoms with E-state index < -0.39 is 16.1 Å². The van der Waals surface area contributed by atoms with Crippen molar-refractivity contribution in [1.29, 1.82) is 0 Å². The van der Waals surface area contributed by atoms with E-state index in [0.29, 0.717) is 23.5 Å². The van der Waals surface area contributed by atoms with Gasteiger partial charge in [0.05, 0.1) is 4.90 Å². The van der Waals surface area contributed by atoms with E-state index in [-0.39, 0.29) is 10.8 Å². The molecule has 0 saturated carbocycles. The molecule has 0 radical (unpaired) electrons. The van der Waals surface area contributed by atoms with Gasteiger partial charge in [-0.05, 0) is 79.9 Å². The highest BCUT2D eigenvalue weighted by atomic mass is 32.2. The lowest BCUT2D eigenvalue weighted by Gasteiger charge is -2.18. The monoisotopic (exact) mass is 438 g/mol. The molecule has 0 aliphatic rings. The number of sulfonamides is 1. The van der Waals surface area contributed by atoms with Gasteiger partial charge >= 0.3 is 0 Å². The van der Waals surface area contributed by atoms with Crippen LogP contribution < -0.4 is 14.8 Å². The lowest BCUT2D eigenvalue weighted by molar-refractivity contribution is -0.122. The van der Waals surface area contributed by atoms with Crippen molar-refractivity contribution in [2.75, 3.05) is 10.0 Å². The molecule has 162 valence electrons. The van der Waals surface area contributed by atoms with E-state index in [1.165, 1.54) is 12.1 Å². The number of rotatable bonds is 8. The zero-order chi connectivity index (χ0) is 22.4. The fourth-order valence-electron chi connectivity index (χ4n) is 3.04. The number of carbonyl (C=O) groups excluding carboxylic acids is 1. The average molecular weight is 439 g/mol. The van der Waals surface area contributed by atoms with Gasteiger partial charge in [0.1, 0.15) is 5.75 Å². The first-order valence-corrected chi connectivity index (χ1v) is 11.5. The molecular weight excluding hydrogens is 412 g/mol. The summed E-state index contributed by atoms with van der Waals surface area (Å²) >= 11 is 0. The van der Waals surface area contributed by atoms with Crippen molar-refractivity contribution in [2.45, 2.75) is 38.2 Å². The summed E-state index contributed by atoms with van der Waals surface area (Å²) in [5, 5.41) is 2.78. The Kier molecular flexibility index (Phi) is 6.97. The summed E-state index contributed by atoms with van der Waals surface area (Å²) in [6, 6.07) is 20.7. The van der Waals surface area contributed by atoms with Gasteiger partial charge in [-0.15, -0.1) is 0 Å². The van der Waals surface area contributed by atoms with Crippen LogP contribution in [-0.2, 0) is 14.8 Å². The van der Waals surface area contributed by atoms with Gasteiger partial charge in [-0.3, -0.25) is 9.52 Å². The Balaban J connectivity index is 1.67. The minimum Gasteiger partial charge on any atom is -0.481 e. The van der Waals surface area contributed by atoms with Gasteiger partial charge in [-0.2, -0.15) is 0 Å². The minimum atomic E-state index is -3.73. The molecule has 3 rings (SSSR count). The number of nitrogens with one attached hydrogen (secondary N) is 2. The van der Waals surface area contributed by atoms with Crippen LogP contribution in [0.4, 0.5) is 11.4 Å². The minimum absolute atomic E-state index is 0.107. The van der Waals surface area contributed by atoms with Crippen molar-refractivity contribution >= 4 is 27.3 Å². The molecule has 2 N–H and O–H groups in total. The summed E-state index contributed by atoms with van der Waals surface area (Å²) in [7, 11) is -3.73. The SMILES string of the molecule is CC[C@@H](Oc1cccc(C)c1)C(=O)Nc1ccc(S(=O)(=O)Nc2cccc(C)c2)cc1. The highest BCUT2D eigenvalue weighted by molar-refractivity contribution is 7.92. The Morgan fingerprint density at radius 1 is 0.903 bits per heavy atom. The Bertz CT molecular complexity index is 1160. The van der Waals surface area contributed by atoms with Gasteiger partial charge in [0.15, 0.2) is 6.10 Å². The van der Waals surface area contributed by atoms with Crippen LogP contribution in [0, 0.1) is 13.8 Å². The summed E-state index contributed by atoms with van der Waals surface area (Å²) in [5.74, 6) is 0.336. The number of anilines is 2. The summed E-state index contributed by atoms with van der Waals surface area (Å²) in [6.07, 6.45) is -0.166. The molecule has 1 atom stereocenters. The predicted molar refractivity (Wildman–Crippen MR) is 123 cm³/mol. The van der Waals surface area contributed by atoms with Crippen LogP contribution in [0.15, 0.2) is 77.7 Å². The molecule has 7 heteroatoms. The second kappa shape index (κ2) is 9.66. The van der Waals surface area contributed by atoms with Crippen molar-refractivity contribution in [3.05, 3.63) is 83.9 Å². The van der Waals surface area contributed by atoms with Crippen LogP contribution in [0.25, 0.3) is 0 Å². The van der Waals surface area contributed by atoms with Gasteiger partial charge in [0.2, 0.25) is 0 Å². The maximum Gasteiger partial charge on any atom is 0.265 e. The number of ether oxygens (including phenoxy) is 1. The first-order valence-electron chi connectivity index (χ1n) is 10.0. The quantitative estimate of drug-likeness (QED) is 0.524. The third-order valence-corrected chi connectivity index (χ3v) is 6.03. The van der Waals surface area contributed by atoms with Crippen molar-refractivity contribution < 1.29 is 17.9 Å². The number of benzene rings is 3. The highest BCUT2D eigenvalue weighted by Crippen LogP contribution is 2.20. The van der Waals surface area contributed by atoms with E-state index in [0.717, 1.165) is 11.1 Å². The van der Waals surface area contributed by atoms with Crippen LogP contribution in [0.1, 0.15) is 24.5 Å². The van der Waals surface area contributed by atoms with Crippen molar-refractivity contribution in [2.24, 2.45) is 0 Å². The van der Waals surface area contributed by atoms with Crippen molar-refractivity contribution in [3.8, 4) is 5.75 Å². The number of carbonyl (C=O) groups is 1. The molecule has 31 heavy (non-hydrogen) atoms. The first kappa shape index (κ1) is 22.4. The molecule has 0 spiro atoms. The van der Waals surface area contributed by atoms with E-state index in [9.17, 15) is 13.2 Å². The van der Waals surface area contributed by atoms with E-state index in [1.54, 1.807) is 30.3 Å². The molecule has 1 amide bonds. The molecule has 0 heterocycles. The molecule has 3 aromatic carbocycles. The van der Waals surface area contributed by atoms with Gasteiger partial charge in [0.25, 0.3) is 15.9 Å². The first-order chi connectivity index (χ1) is 14.8. The molecule has 6 nitrogen and oxygen atoms in total. The zero-order valence-corrected chi connectivity index (χ0v) is 18.6. The van der Waals surface area contributed by atoms with Gasteiger partial charge < -0.3 is 10.1 Å². The molecule has 0 aromatic heterocycles. The zero-order valence-electron chi connectivity index (χ0n) is 17.8. The van der Waals surface area contributed by atoms with Crippen LogP contribution in [0.5, 0.6) is 5.75 Å². The van der Waals surface area contributed by atoms with Gasteiger partial charge in [-0.1, -0.05) is 31.2 Å². The molecule has 0 aliphatic carbocycles. The third kappa shape index (κ3) is 6.08. The maximum absolute atomic E-state index is 12.6. The molecule has 0 fully saturated rings. The molecule has 3 aromatic rings. The standard InChI is InChI=1S/C24H26N2O4S/c1-4-23(30-21-10-6-8-18(3)16-21)24(27)25-19-11-13-22(14-12-19)31(28,29)26-20-9-5-7-17(2)15-20/h5-16,23,26H,4H2,1-3H3,(H,25,27)/t23-/m1/s1. The number of hydrogen-bond acceptors (Lipinski definition) is 4. The maximum atomic E-state index is 12.6. The Labute approximate surface area is 183 Å². The van der Waals surface area contributed by atoms with E-state index >= 15 is 0 Å². The number of amides is 1. The topological polar surface area (TPSA) is 84.5 Å². The molecular formula is C24H26N2O4S. The lowest BCUT2D eigenvalue weighted by Crippen LogP contribution is -2.32. The molecule has 0 unspecified atom stereocenters. The molecule has 0 saturated heterocycles. The van der Waals surface area contributed by atoms with Gasteiger partial charge in [-0.25, -0.2) is 8.42 Å². The second-order valence-corrected chi connectivity index (χ2v) is 9.00. The van der Waals surface area contributed by atoms with Crippen LogP contribution in [0.2, 0.25) is 0 Å².